The number of rotatable bonds is 5. The third-order valence-corrected chi connectivity index (χ3v) is 8.31. The average molecular weight is 420 g/mol. The maximum atomic E-state index is 13.1. The molecule has 0 radical (unpaired) electrons. The number of nitrogens with zero attached hydrogens (tertiary/aromatic N) is 2. The van der Waals surface area contributed by atoms with Crippen molar-refractivity contribution in [2.45, 2.75) is 83.0 Å². The summed E-state index contributed by atoms with van der Waals surface area (Å²) in [4.78, 5) is 32.6. The third kappa shape index (κ3) is 3.88. The SMILES string of the molecule is CCn1c(SCC(=O)NC2CCCCC2C)nc2sc3c(c2c1=O)CCCC3. The number of hydrogen-bond donors (Lipinski definition) is 1. The zero-order chi connectivity index (χ0) is 19.7. The Morgan fingerprint density at radius 2 is 2.04 bits per heavy atom. The third-order valence-electron chi connectivity index (χ3n) is 6.15. The van der Waals surface area contributed by atoms with Crippen LogP contribution >= 0.6 is 23.1 Å². The van der Waals surface area contributed by atoms with Gasteiger partial charge in [-0.05, 0) is 56.9 Å². The van der Waals surface area contributed by atoms with Crippen LogP contribution in [0.15, 0.2) is 9.95 Å². The molecule has 1 saturated carbocycles. The first-order chi connectivity index (χ1) is 13.6. The van der Waals surface area contributed by atoms with Gasteiger partial charge < -0.3 is 5.32 Å². The molecule has 0 aromatic carbocycles. The molecule has 7 heteroatoms. The highest BCUT2D eigenvalue weighted by Crippen LogP contribution is 2.34. The first kappa shape index (κ1) is 20.0. The number of amides is 1. The standard InChI is InChI=1S/C21H29N3O2S2/c1-3-24-20(26)18-14-9-5-7-11-16(14)28-19(18)23-21(24)27-12-17(25)22-15-10-6-4-8-13(15)2/h13,15H,3-12H2,1-2H3,(H,22,25). The summed E-state index contributed by atoms with van der Waals surface area (Å²) in [7, 11) is 0. The van der Waals surface area contributed by atoms with Gasteiger partial charge in [-0.25, -0.2) is 4.98 Å². The monoisotopic (exact) mass is 419 g/mol. The summed E-state index contributed by atoms with van der Waals surface area (Å²) in [6.07, 6.45) is 9.12. The van der Waals surface area contributed by atoms with E-state index in [1.165, 1.54) is 47.9 Å². The summed E-state index contributed by atoms with van der Waals surface area (Å²) >= 11 is 3.06. The van der Waals surface area contributed by atoms with Gasteiger partial charge >= 0.3 is 0 Å². The number of aryl methyl sites for hydroxylation is 2. The van der Waals surface area contributed by atoms with E-state index in [4.69, 9.17) is 4.98 Å². The van der Waals surface area contributed by atoms with Crippen LogP contribution in [0.1, 0.15) is 62.8 Å². The van der Waals surface area contributed by atoms with Gasteiger partial charge in [-0.1, -0.05) is 31.5 Å². The molecular formula is C21H29N3O2S2. The molecule has 0 aliphatic heterocycles. The van der Waals surface area contributed by atoms with E-state index in [0.29, 0.717) is 23.4 Å². The molecule has 2 aromatic heterocycles. The van der Waals surface area contributed by atoms with Crippen molar-refractivity contribution in [2.75, 3.05) is 5.75 Å². The van der Waals surface area contributed by atoms with E-state index in [-0.39, 0.29) is 17.5 Å². The fourth-order valence-electron chi connectivity index (χ4n) is 4.52. The quantitative estimate of drug-likeness (QED) is 0.584. The largest absolute Gasteiger partial charge is 0.352 e. The second kappa shape index (κ2) is 8.57. The molecule has 1 amide bonds. The Kier molecular flexibility index (Phi) is 6.11. The van der Waals surface area contributed by atoms with Crippen molar-refractivity contribution in [2.24, 2.45) is 5.92 Å². The molecule has 2 aromatic rings. The van der Waals surface area contributed by atoms with Crippen LogP contribution in [0.5, 0.6) is 0 Å². The van der Waals surface area contributed by atoms with Crippen LogP contribution in [0, 0.1) is 5.92 Å². The fraction of sp³-hybridized carbons (Fsp3) is 0.667. The van der Waals surface area contributed by atoms with Crippen LogP contribution < -0.4 is 10.9 Å². The Bertz CT molecular complexity index is 934. The number of hydrogen-bond acceptors (Lipinski definition) is 5. The zero-order valence-electron chi connectivity index (χ0n) is 16.8. The highest BCUT2D eigenvalue weighted by molar-refractivity contribution is 7.99. The molecule has 28 heavy (non-hydrogen) atoms. The summed E-state index contributed by atoms with van der Waals surface area (Å²) < 4.78 is 1.74. The van der Waals surface area contributed by atoms with Crippen molar-refractivity contribution in [3.05, 3.63) is 20.8 Å². The summed E-state index contributed by atoms with van der Waals surface area (Å²) in [5, 5.41) is 4.69. The molecule has 5 nitrogen and oxygen atoms in total. The van der Waals surface area contributed by atoms with Crippen LogP contribution in [0.4, 0.5) is 0 Å². The highest BCUT2D eigenvalue weighted by atomic mass is 32.2. The van der Waals surface area contributed by atoms with Crippen LogP contribution in [0.25, 0.3) is 10.2 Å². The van der Waals surface area contributed by atoms with Gasteiger partial charge in [-0.15, -0.1) is 11.3 Å². The molecule has 2 atom stereocenters. The normalized spacial score (nSPS) is 22.2. The minimum atomic E-state index is 0.0474. The van der Waals surface area contributed by atoms with Gasteiger partial charge in [0.2, 0.25) is 5.91 Å². The van der Waals surface area contributed by atoms with Crippen molar-refractivity contribution >= 4 is 39.2 Å². The number of thiophene rings is 1. The Morgan fingerprint density at radius 3 is 2.82 bits per heavy atom. The molecule has 4 rings (SSSR count). The Hall–Kier alpha value is -1.34. The molecule has 0 spiro atoms. The Balaban J connectivity index is 1.53. The van der Waals surface area contributed by atoms with E-state index in [1.807, 2.05) is 6.92 Å². The molecular weight excluding hydrogens is 390 g/mol. The van der Waals surface area contributed by atoms with Crippen molar-refractivity contribution in [3.63, 3.8) is 0 Å². The van der Waals surface area contributed by atoms with Crippen molar-refractivity contribution < 1.29 is 4.79 Å². The number of nitrogens with one attached hydrogen (secondary N) is 1. The van der Waals surface area contributed by atoms with Gasteiger partial charge in [0.15, 0.2) is 5.16 Å². The molecule has 2 unspecified atom stereocenters. The highest BCUT2D eigenvalue weighted by Gasteiger charge is 2.24. The molecule has 2 aliphatic carbocycles. The number of aromatic nitrogens is 2. The lowest BCUT2D eigenvalue weighted by Crippen LogP contribution is -2.41. The van der Waals surface area contributed by atoms with E-state index in [1.54, 1.807) is 15.9 Å². The minimum Gasteiger partial charge on any atom is -0.352 e. The molecule has 1 N–H and O–H groups in total. The minimum absolute atomic E-state index is 0.0474. The Labute approximate surface area is 174 Å². The first-order valence-corrected chi connectivity index (χ1v) is 12.4. The number of carbonyl (C=O) groups is 1. The summed E-state index contributed by atoms with van der Waals surface area (Å²) in [5.41, 5.74) is 1.29. The lowest BCUT2D eigenvalue weighted by molar-refractivity contribution is -0.119. The van der Waals surface area contributed by atoms with Crippen LogP contribution in [-0.4, -0.2) is 27.3 Å². The number of thioether (sulfide) groups is 1. The summed E-state index contributed by atoms with van der Waals surface area (Å²) in [6.45, 7) is 4.78. The molecule has 0 saturated heterocycles. The average Bonchev–Trinajstić information content (AvgIpc) is 3.07. The maximum absolute atomic E-state index is 13.1. The fourth-order valence-corrected chi connectivity index (χ4v) is 6.69. The van der Waals surface area contributed by atoms with Gasteiger partial charge in [-0.2, -0.15) is 0 Å². The van der Waals surface area contributed by atoms with Crippen molar-refractivity contribution in [3.8, 4) is 0 Å². The van der Waals surface area contributed by atoms with Crippen molar-refractivity contribution in [1.82, 2.24) is 14.9 Å². The van der Waals surface area contributed by atoms with Gasteiger partial charge in [0.1, 0.15) is 4.83 Å². The van der Waals surface area contributed by atoms with Gasteiger partial charge in [0, 0.05) is 17.5 Å². The van der Waals surface area contributed by atoms with Gasteiger partial charge in [-0.3, -0.25) is 14.2 Å². The maximum Gasteiger partial charge on any atom is 0.263 e. The molecule has 1 fully saturated rings. The molecule has 2 aliphatic rings. The van der Waals surface area contributed by atoms with E-state index in [0.717, 1.165) is 35.9 Å². The van der Waals surface area contributed by atoms with Crippen LogP contribution in [0.2, 0.25) is 0 Å². The van der Waals surface area contributed by atoms with Crippen molar-refractivity contribution in [1.29, 1.82) is 0 Å². The summed E-state index contributed by atoms with van der Waals surface area (Å²) in [6, 6.07) is 0.287. The molecule has 0 bridgehead atoms. The predicted octanol–water partition coefficient (Wildman–Crippen LogP) is 4.14. The summed E-state index contributed by atoms with van der Waals surface area (Å²) in [5.74, 6) is 0.904. The first-order valence-electron chi connectivity index (χ1n) is 10.6. The number of fused-ring (bicyclic) bond motifs is 3. The number of carbonyl (C=O) groups excluding carboxylic acids is 1. The molecule has 2 heterocycles. The van der Waals surface area contributed by atoms with Gasteiger partial charge in [0.25, 0.3) is 5.56 Å². The second-order valence-corrected chi connectivity index (χ2v) is 10.1. The second-order valence-electron chi connectivity index (χ2n) is 8.06. The Morgan fingerprint density at radius 1 is 1.25 bits per heavy atom. The van der Waals surface area contributed by atoms with E-state index < -0.39 is 0 Å². The molecule has 152 valence electrons. The van der Waals surface area contributed by atoms with E-state index >= 15 is 0 Å². The van der Waals surface area contributed by atoms with E-state index in [9.17, 15) is 9.59 Å². The zero-order valence-corrected chi connectivity index (χ0v) is 18.4. The lowest BCUT2D eigenvalue weighted by atomic mass is 9.86. The predicted molar refractivity (Wildman–Crippen MR) is 116 cm³/mol. The lowest BCUT2D eigenvalue weighted by Gasteiger charge is -2.29. The topological polar surface area (TPSA) is 64.0 Å². The smallest absolute Gasteiger partial charge is 0.263 e. The van der Waals surface area contributed by atoms with Crippen LogP contribution in [-0.2, 0) is 24.2 Å². The van der Waals surface area contributed by atoms with Crippen LogP contribution in [0.3, 0.4) is 0 Å². The van der Waals surface area contributed by atoms with Gasteiger partial charge in [0.05, 0.1) is 11.1 Å². The van der Waals surface area contributed by atoms with E-state index in [2.05, 4.69) is 12.2 Å².